The number of aryl methyl sites for hydroxylation is 1. The summed E-state index contributed by atoms with van der Waals surface area (Å²) in [5, 5.41) is 11.6. The molecule has 4 aromatic rings. The zero-order valence-corrected chi connectivity index (χ0v) is 19.7. The average Bonchev–Trinajstić information content (AvgIpc) is 3.48. The SMILES string of the molecule is COc1ccc(OC)c(C(=O)CSc2nnc(Cc3cccs3)n2-c2ccc(C)cc2)c1. The van der Waals surface area contributed by atoms with E-state index in [4.69, 9.17) is 9.47 Å². The van der Waals surface area contributed by atoms with Crippen LogP contribution in [-0.4, -0.2) is 40.5 Å². The first-order valence-electron chi connectivity index (χ1n) is 10.0. The Morgan fingerprint density at radius 3 is 2.56 bits per heavy atom. The number of hydrogen-bond acceptors (Lipinski definition) is 7. The average molecular weight is 466 g/mol. The topological polar surface area (TPSA) is 66.2 Å². The van der Waals surface area contributed by atoms with Crippen molar-refractivity contribution in [1.82, 2.24) is 14.8 Å². The summed E-state index contributed by atoms with van der Waals surface area (Å²) in [6.07, 6.45) is 0.677. The molecule has 0 amide bonds. The number of carbonyl (C=O) groups excluding carboxylic acids is 1. The summed E-state index contributed by atoms with van der Waals surface area (Å²) in [7, 11) is 3.13. The molecule has 0 aliphatic rings. The predicted molar refractivity (Wildman–Crippen MR) is 128 cm³/mol. The van der Waals surface area contributed by atoms with Crippen molar-refractivity contribution in [3.63, 3.8) is 0 Å². The van der Waals surface area contributed by atoms with Gasteiger partial charge in [0, 0.05) is 17.0 Å². The lowest BCUT2D eigenvalue weighted by molar-refractivity contribution is 0.101. The van der Waals surface area contributed by atoms with Gasteiger partial charge in [-0.15, -0.1) is 21.5 Å². The number of thiophene rings is 1. The molecule has 0 unspecified atom stereocenters. The molecule has 0 radical (unpaired) electrons. The summed E-state index contributed by atoms with van der Waals surface area (Å²) in [6.45, 7) is 2.05. The van der Waals surface area contributed by atoms with Gasteiger partial charge >= 0.3 is 0 Å². The van der Waals surface area contributed by atoms with Gasteiger partial charge < -0.3 is 9.47 Å². The number of hydrogen-bond donors (Lipinski definition) is 0. The fraction of sp³-hybridized carbons (Fsp3) is 0.208. The van der Waals surface area contributed by atoms with E-state index in [1.54, 1.807) is 43.8 Å². The second-order valence-electron chi connectivity index (χ2n) is 7.10. The molecule has 8 heteroatoms. The Kier molecular flexibility index (Phi) is 6.92. The summed E-state index contributed by atoms with van der Waals surface area (Å²) in [4.78, 5) is 14.2. The monoisotopic (exact) mass is 465 g/mol. The Balaban J connectivity index is 1.62. The van der Waals surface area contributed by atoms with Crippen LogP contribution < -0.4 is 9.47 Å². The first-order chi connectivity index (χ1) is 15.6. The van der Waals surface area contributed by atoms with Crippen molar-refractivity contribution in [1.29, 1.82) is 0 Å². The van der Waals surface area contributed by atoms with Crippen molar-refractivity contribution < 1.29 is 14.3 Å². The highest BCUT2D eigenvalue weighted by molar-refractivity contribution is 7.99. The molecule has 164 valence electrons. The van der Waals surface area contributed by atoms with Crippen molar-refractivity contribution in [2.24, 2.45) is 0 Å². The molecule has 32 heavy (non-hydrogen) atoms. The maximum absolute atomic E-state index is 13.0. The molecular weight excluding hydrogens is 442 g/mol. The normalized spacial score (nSPS) is 10.8. The molecule has 0 fully saturated rings. The van der Waals surface area contributed by atoms with Crippen molar-refractivity contribution in [3.05, 3.63) is 81.8 Å². The molecule has 6 nitrogen and oxygen atoms in total. The van der Waals surface area contributed by atoms with Gasteiger partial charge in [0.2, 0.25) is 0 Å². The van der Waals surface area contributed by atoms with E-state index in [9.17, 15) is 4.79 Å². The van der Waals surface area contributed by atoms with Gasteiger partial charge in [-0.05, 0) is 48.7 Å². The van der Waals surface area contributed by atoms with Crippen molar-refractivity contribution >= 4 is 28.9 Å². The molecule has 0 N–H and O–H groups in total. The minimum atomic E-state index is -0.0657. The number of nitrogens with zero attached hydrogens (tertiary/aromatic N) is 3. The maximum Gasteiger partial charge on any atom is 0.196 e. The number of thioether (sulfide) groups is 1. The summed E-state index contributed by atoms with van der Waals surface area (Å²) in [5.41, 5.74) is 2.64. The fourth-order valence-corrected chi connectivity index (χ4v) is 4.83. The molecule has 0 aliphatic carbocycles. The Labute approximate surface area is 195 Å². The quantitative estimate of drug-likeness (QED) is 0.249. The van der Waals surface area contributed by atoms with Crippen LogP contribution in [0.1, 0.15) is 26.6 Å². The van der Waals surface area contributed by atoms with Crippen molar-refractivity contribution in [2.75, 3.05) is 20.0 Å². The zero-order valence-electron chi connectivity index (χ0n) is 18.1. The second-order valence-corrected chi connectivity index (χ2v) is 9.08. The van der Waals surface area contributed by atoms with Gasteiger partial charge in [-0.3, -0.25) is 9.36 Å². The highest BCUT2D eigenvalue weighted by Gasteiger charge is 2.19. The van der Waals surface area contributed by atoms with E-state index >= 15 is 0 Å². The van der Waals surface area contributed by atoms with Gasteiger partial charge in [0.15, 0.2) is 10.9 Å². The third-order valence-electron chi connectivity index (χ3n) is 4.94. The van der Waals surface area contributed by atoms with Crippen LogP contribution in [0.4, 0.5) is 0 Å². The fourth-order valence-electron chi connectivity index (χ4n) is 3.27. The first-order valence-corrected chi connectivity index (χ1v) is 11.9. The molecule has 0 spiro atoms. The molecule has 2 aromatic carbocycles. The van der Waals surface area contributed by atoms with E-state index in [0.717, 1.165) is 11.5 Å². The smallest absolute Gasteiger partial charge is 0.196 e. The lowest BCUT2D eigenvalue weighted by Crippen LogP contribution is -2.08. The Bertz CT molecular complexity index is 1200. The van der Waals surface area contributed by atoms with E-state index in [0.29, 0.717) is 28.6 Å². The summed E-state index contributed by atoms with van der Waals surface area (Å²) < 4.78 is 12.7. The number of benzene rings is 2. The number of carbonyl (C=O) groups is 1. The van der Waals surface area contributed by atoms with Crippen LogP contribution in [0, 0.1) is 6.92 Å². The molecule has 0 aliphatic heterocycles. The molecular formula is C24H23N3O3S2. The van der Waals surface area contributed by atoms with Crippen LogP contribution in [-0.2, 0) is 6.42 Å². The van der Waals surface area contributed by atoms with E-state index in [2.05, 4.69) is 40.7 Å². The summed E-state index contributed by atoms with van der Waals surface area (Å²) >= 11 is 3.05. The molecule has 4 rings (SSSR count). The van der Waals surface area contributed by atoms with Gasteiger partial charge in [-0.25, -0.2) is 0 Å². The number of ketones is 1. The molecule has 2 heterocycles. The lowest BCUT2D eigenvalue weighted by Gasteiger charge is -2.11. The van der Waals surface area contributed by atoms with E-state index in [-0.39, 0.29) is 11.5 Å². The van der Waals surface area contributed by atoms with Gasteiger partial charge in [0.05, 0.1) is 25.5 Å². The van der Waals surface area contributed by atoms with E-state index in [1.807, 2.05) is 22.8 Å². The van der Waals surface area contributed by atoms with Crippen molar-refractivity contribution in [2.45, 2.75) is 18.5 Å². The summed E-state index contributed by atoms with van der Waals surface area (Å²) in [6, 6.07) is 17.6. The summed E-state index contributed by atoms with van der Waals surface area (Å²) in [5.74, 6) is 2.11. The van der Waals surface area contributed by atoms with Crippen LogP contribution in [0.25, 0.3) is 5.69 Å². The minimum absolute atomic E-state index is 0.0657. The van der Waals surface area contributed by atoms with Gasteiger partial charge in [0.25, 0.3) is 0 Å². The Morgan fingerprint density at radius 2 is 1.88 bits per heavy atom. The Hall–Kier alpha value is -3.10. The number of ether oxygens (including phenoxy) is 2. The maximum atomic E-state index is 13.0. The molecule has 0 bridgehead atoms. The lowest BCUT2D eigenvalue weighted by atomic mass is 10.1. The molecule has 0 saturated heterocycles. The van der Waals surface area contributed by atoms with E-state index < -0.39 is 0 Å². The second kappa shape index (κ2) is 10.0. The molecule has 2 aromatic heterocycles. The van der Waals surface area contributed by atoms with Crippen LogP contribution in [0.3, 0.4) is 0 Å². The van der Waals surface area contributed by atoms with E-state index in [1.165, 1.54) is 22.2 Å². The third-order valence-corrected chi connectivity index (χ3v) is 6.75. The predicted octanol–water partition coefficient (Wildman–Crippen LogP) is 5.22. The Morgan fingerprint density at radius 1 is 1.06 bits per heavy atom. The van der Waals surface area contributed by atoms with Gasteiger partial charge in [-0.2, -0.15) is 0 Å². The number of rotatable bonds is 9. The standard InChI is InChI=1S/C24H23N3O3S2/c1-16-6-8-17(9-7-16)27-23(14-19-5-4-12-31-19)25-26-24(27)32-15-21(28)20-13-18(29-2)10-11-22(20)30-3/h4-13H,14-15H2,1-3H3. The van der Waals surface area contributed by atoms with Crippen LogP contribution >= 0.6 is 23.1 Å². The number of methoxy groups -OCH3 is 2. The third kappa shape index (κ3) is 4.87. The first kappa shape index (κ1) is 22.1. The molecule has 0 atom stereocenters. The van der Waals surface area contributed by atoms with Crippen molar-refractivity contribution in [3.8, 4) is 17.2 Å². The van der Waals surface area contributed by atoms with Crippen LogP contribution in [0.2, 0.25) is 0 Å². The zero-order chi connectivity index (χ0) is 22.5. The van der Waals surface area contributed by atoms with Crippen LogP contribution in [0.5, 0.6) is 11.5 Å². The minimum Gasteiger partial charge on any atom is -0.497 e. The number of aromatic nitrogens is 3. The largest absolute Gasteiger partial charge is 0.497 e. The van der Waals surface area contributed by atoms with Gasteiger partial charge in [0.1, 0.15) is 17.3 Å². The highest BCUT2D eigenvalue weighted by Crippen LogP contribution is 2.29. The highest BCUT2D eigenvalue weighted by atomic mass is 32.2. The van der Waals surface area contributed by atoms with Gasteiger partial charge in [-0.1, -0.05) is 35.5 Å². The number of Topliss-reactive ketones (excluding diaryl/α,β-unsaturated/α-hetero) is 1. The van der Waals surface area contributed by atoms with Crippen LogP contribution in [0.15, 0.2) is 65.1 Å². The molecule has 0 saturated carbocycles.